The van der Waals surface area contributed by atoms with E-state index in [1.165, 1.54) is 15.5 Å². The summed E-state index contributed by atoms with van der Waals surface area (Å²) in [7, 11) is 0. The fourth-order valence-corrected chi connectivity index (χ4v) is 5.29. The summed E-state index contributed by atoms with van der Waals surface area (Å²) in [5.74, 6) is 0. The second-order valence-electron chi connectivity index (χ2n) is 7.03. The lowest BCUT2D eigenvalue weighted by atomic mass is 10.2. The predicted molar refractivity (Wildman–Crippen MR) is 121 cm³/mol. The number of aliphatic hydroxyl groups excluding tert-OH is 1. The zero-order chi connectivity index (χ0) is 19.5. The lowest BCUT2D eigenvalue weighted by Gasteiger charge is -2.37. The summed E-state index contributed by atoms with van der Waals surface area (Å²) >= 11 is 13.9. The lowest BCUT2D eigenvalue weighted by Crippen LogP contribution is -2.49. The van der Waals surface area contributed by atoms with Gasteiger partial charge in [-0.15, -0.1) is 0 Å². The van der Waals surface area contributed by atoms with Crippen LogP contribution in [0.5, 0.6) is 0 Å². The first-order valence-electron chi connectivity index (χ1n) is 9.60. The summed E-state index contributed by atoms with van der Waals surface area (Å²) < 4.78 is 0. The van der Waals surface area contributed by atoms with Crippen LogP contribution >= 0.6 is 35.6 Å². The number of piperazine rings is 1. The second kappa shape index (κ2) is 9.01. The third-order valence-corrected chi connectivity index (χ3v) is 7.11. The van der Waals surface area contributed by atoms with Gasteiger partial charge in [0.05, 0.1) is 23.0 Å². The molecule has 1 fully saturated rings. The molecule has 0 aliphatic carbocycles. The number of hydrogen-bond acceptors (Lipinski definition) is 5. The van der Waals surface area contributed by atoms with E-state index >= 15 is 0 Å². The average molecular weight is 434 g/mol. The van der Waals surface area contributed by atoms with Crippen molar-refractivity contribution in [3.05, 3.63) is 47.5 Å². The quantitative estimate of drug-likeness (QED) is 0.708. The van der Waals surface area contributed by atoms with E-state index in [9.17, 15) is 0 Å². The number of fused-ring (bicyclic) bond motifs is 2. The minimum Gasteiger partial charge on any atom is -0.395 e. The van der Waals surface area contributed by atoms with Crippen molar-refractivity contribution in [3.8, 4) is 0 Å². The van der Waals surface area contributed by atoms with Crippen molar-refractivity contribution in [2.24, 2.45) is 0 Å². The third kappa shape index (κ3) is 4.31. The summed E-state index contributed by atoms with van der Waals surface area (Å²) in [5, 5.41) is 9.86. The van der Waals surface area contributed by atoms with E-state index in [0.717, 1.165) is 61.4 Å². The fourth-order valence-electron chi connectivity index (χ4n) is 3.77. The van der Waals surface area contributed by atoms with Crippen LogP contribution in [0.3, 0.4) is 0 Å². The first-order chi connectivity index (χ1) is 13.7. The lowest BCUT2D eigenvalue weighted by molar-refractivity contribution is 0.147. The molecule has 0 saturated carbocycles. The molecule has 0 amide bonds. The van der Waals surface area contributed by atoms with Crippen LogP contribution in [0.2, 0.25) is 5.02 Å². The van der Waals surface area contributed by atoms with Crippen LogP contribution in [0.15, 0.2) is 52.3 Å². The van der Waals surface area contributed by atoms with Gasteiger partial charge in [-0.1, -0.05) is 47.7 Å². The highest BCUT2D eigenvalue weighted by Gasteiger charge is 2.25. The summed E-state index contributed by atoms with van der Waals surface area (Å²) in [5.41, 5.74) is 2.38. The Bertz CT molecular complexity index is 855. The van der Waals surface area contributed by atoms with Gasteiger partial charge in [-0.05, 0) is 30.3 Å². The molecule has 2 aromatic rings. The van der Waals surface area contributed by atoms with E-state index in [-0.39, 0.29) is 6.61 Å². The van der Waals surface area contributed by atoms with E-state index in [4.69, 9.17) is 28.9 Å². The maximum Gasteiger partial charge on any atom is 0.0798 e. The van der Waals surface area contributed by atoms with Crippen LogP contribution in [0.25, 0.3) is 0 Å². The van der Waals surface area contributed by atoms with E-state index in [1.54, 1.807) is 11.8 Å². The molecule has 4 rings (SSSR count). The van der Waals surface area contributed by atoms with Gasteiger partial charge in [0.1, 0.15) is 0 Å². The Labute approximate surface area is 181 Å². The number of halogens is 1. The number of rotatable bonds is 5. The smallest absolute Gasteiger partial charge is 0.0798 e. The van der Waals surface area contributed by atoms with Gasteiger partial charge in [0.15, 0.2) is 0 Å². The molecule has 4 nitrogen and oxygen atoms in total. The Kier molecular flexibility index (Phi) is 6.43. The van der Waals surface area contributed by atoms with E-state index in [1.807, 2.05) is 6.07 Å². The number of aliphatic hydroxyl groups is 1. The highest BCUT2D eigenvalue weighted by molar-refractivity contribution is 7.99. The Balaban J connectivity index is 1.46. The molecule has 0 aromatic heterocycles. The van der Waals surface area contributed by atoms with E-state index in [0.29, 0.717) is 0 Å². The molecule has 148 valence electrons. The topological polar surface area (TPSA) is 30.0 Å². The number of para-hydroxylation sites is 1. The van der Waals surface area contributed by atoms with Gasteiger partial charge in [0.2, 0.25) is 0 Å². The number of hydrogen-bond donors (Lipinski definition) is 1. The predicted octanol–water partition coefficient (Wildman–Crippen LogP) is 4.27. The second-order valence-corrected chi connectivity index (χ2v) is 9.02. The Morgan fingerprint density at radius 3 is 2.54 bits per heavy atom. The molecule has 0 bridgehead atoms. The van der Waals surface area contributed by atoms with E-state index in [2.05, 4.69) is 51.1 Å². The van der Waals surface area contributed by atoms with Gasteiger partial charge in [-0.3, -0.25) is 4.90 Å². The summed E-state index contributed by atoms with van der Waals surface area (Å²) in [6.07, 6.45) is 0.834. The van der Waals surface area contributed by atoms with Gasteiger partial charge < -0.3 is 14.9 Å². The van der Waals surface area contributed by atoms with Crippen molar-refractivity contribution in [3.63, 3.8) is 0 Å². The first-order valence-corrected chi connectivity index (χ1v) is 11.2. The van der Waals surface area contributed by atoms with Gasteiger partial charge in [0, 0.05) is 60.5 Å². The molecule has 2 heterocycles. The molecular weight excluding hydrogens is 410 g/mol. The minimum absolute atomic E-state index is 0.221. The molecular formula is C21H24ClN3OS2. The third-order valence-electron chi connectivity index (χ3n) is 5.28. The fraction of sp³-hybridized carbons (Fsp3) is 0.381. The Morgan fingerprint density at radius 2 is 1.75 bits per heavy atom. The maximum absolute atomic E-state index is 9.10. The normalized spacial score (nSPS) is 16.6. The number of β-amino-alcohol motifs (C(OH)–C–C–N with tert-alkyl or cyclic N) is 1. The maximum atomic E-state index is 9.10. The molecule has 0 atom stereocenters. The van der Waals surface area contributed by atoms with Crippen LogP contribution in [0.4, 0.5) is 11.4 Å². The number of thiocarbonyl (C=S) groups is 1. The standard InChI is InChI=1S/C21H24ClN3OS2/c22-16-5-6-20-18(15-16)25(17-3-1-2-4-19(17)28-20)8-7-21(27)24-11-9-23(10-12-24)13-14-26/h1-6,15,26H,7-14H2. The van der Waals surface area contributed by atoms with Crippen molar-refractivity contribution < 1.29 is 5.11 Å². The first kappa shape index (κ1) is 20.0. The SMILES string of the molecule is OCCN1CCN(C(=S)CCN2c3ccccc3Sc3ccc(Cl)cc32)CC1. The van der Waals surface area contributed by atoms with Crippen molar-refractivity contribution in [1.82, 2.24) is 9.80 Å². The van der Waals surface area contributed by atoms with Crippen molar-refractivity contribution >= 4 is 51.9 Å². The summed E-state index contributed by atoms with van der Waals surface area (Å²) in [6, 6.07) is 14.6. The number of benzene rings is 2. The zero-order valence-electron chi connectivity index (χ0n) is 15.7. The minimum atomic E-state index is 0.221. The number of anilines is 2. The Morgan fingerprint density at radius 1 is 1.00 bits per heavy atom. The molecule has 0 unspecified atom stereocenters. The summed E-state index contributed by atoms with van der Waals surface area (Å²) in [6.45, 7) is 5.60. The molecule has 1 saturated heterocycles. The van der Waals surface area contributed by atoms with Crippen LogP contribution in [0, 0.1) is 0 Å². The molecule has 0 radical (unpaired) electrons. The van der Waals surface area contributed by atoms with Crippen LogP contribution < -0.4 is 4.90 Å². The van der Waals surface area contributed by atoms with Crippen LogP contribution in [-0.4, -0.2) is 65.8 Å². The molecule has 28 heavy (non-hydrogen) atoms. The van der Waals surface area contributed by atoms with Crippen LogP contribution in [0.1, 0.15) is 6.42 Å². The highest BCUT2D eigenvalue weighted by Crippen LogP contribution is 2.48. The summed E-state index contributed by atoms with van der Waals surface area (Å²) in [4.78, 5) is 10.5. The van der Waals surface area contributed by atoms with Gasteiger partial charge in [0.25, 0.3) is 0 Å². The van der Waals surface area contributed by atoms with Crippen molar-refractivity contribution in [2.75, 3.05) is 50.8 Å². The highest BCUT2D eigenvalue weighted by atomic mass is 35.5. The monoisotopic (exact) mass is 433 g/mol. The largest absolute Gasteiger partial charge is 0.395 e. The molecule has 1 N–H and O–H groups in total. The van der Waals surface area contributed by atoms with E-state index < -0.39 is 0 Å². The molecule has 2 aliphatic heterocycles. The molecule has 7 heteroatoms. The van der Waals surface area contributed by atoms with Gasteiger partial charge in [-0.25, -0.2) is 0 Å². The van der Waals surface area contributed by atoms with Gasteiger partial charge in [-0.2, -0.15) is 0 Å². The molecule has 0 spiro atoms. The Hall–Kier alpha value is -1.31. The zero-order valence-corrected chi connectivity index (χ0v) is 18.1. The van der Waals surface area contributed by atoms with Crippen molar-refractivity contribution in [1.29, 1.82) is 0 Å². The van der Waals surface area contributed by atoms with Crippen molar-refractivity contribution in [2.45, 2.75) is 16.2 Å². The molecule has 2 aliphatic rings. The van der Waals surface area contributed by atoms with Gasteiger partial charge >= 0.3 is 0 Å². The molecule has 2 aromatic carbocycles. The average Bonchev–Trinajstić information content (AvgIpc) is 2.72. The number of nitrogens with zero attached hydrogens (tertiary/aromatic N) is 3. The van der Waals surface area contributed by atoms with Crippen LogP contribution in [-0.2, 0) is 0 Å².